The van der Waals surface area contributed by atoms with Gasteiger partial charge in [0.25, 0.3) is 0 Å². The number of hydrogen-bond donors (Lipinski definition) is 1. The molecule has 0 unspecified atom stereocenters. The number of nitrogens with zero attached hydrogens (tertiary/aromatic N) is 3. The zero-order valence-electron chi connectivity index (χ0n) is 11.2. The van der Waals surface area contributed by atoms with Gasteiger partial charge in [-0.25, -0.2) is 14.8 Å². The van der Waals surface area contributed by atoms with Crippen LogP contribution in [0.25, 0.3) is 0 Å². The van der Waals surface area contributed by atoms with E-state index in [0.717, 1.165) is 17.8 Å². The summed E-state index contributed by atoms with van der Waals surface area (Å²) in [6.07, 6.45) is 0. The molecule has 0 radical (unpaired) electrons. The fourth-order valence-electron chi connectivity index (χ4n) is 2.57. The van der Waals surface area contributed by atoms with Gasteiger partial charge in [0.15, 0.2) is 5.69 Å². The van der Waals surface area contributed by atoms with Crippen molar-refractivity contribution in [3.05, 3.63) is 58.7 Å². The number of rotatable bonds is 3. The molecule has 0 amide bonds. The van der Waals surface area contributed by atoms with Crippen molar-refractivity contribution in [3.8, 4) is 0 Å². The van der Waals surface area contributed by atoms with Crippen molar-refractivity contribution >= 4 is 5.97 Å². The lowest BCUT2D eigenvalue weighted by Gasteiger charge is -2.14. The molecule has 1 aliphatic heterocycles. The van der Waals surface area contributed by atoms with Gasteiger partial charge in [-0.05, 0) is 12.5 Å². The standard InChI is InChI=1S/C15H15N3O2/c1-10-16-13-9-18(7-11-5-3-2-4-6-11)8-12(13)14(17-10)15(19)20/h2-6H,7-9H2,1H3,(H,19,20). The van der Waals surface area contributed by atoms with Crippen LogP contribution in [0.5, 0.6) is 0 Å². The van der Waals surface area contributed by atoms with Gasteiger partial charge in [-0.15, -0.1) is 0 Å². The van der Waals surface area contributed by atoms with Crippen LogP contribution in [0.1, 0.15) is 33.1 Å². The molecule has 5 nitrogen and oxygen atoms in total. The summed E-state index contributed by atoms with van der Waals surface area (Å²) < 4.78 is 0. The second-order valence-electron chi connectivity index (χ2n) is 4.98. The predicted octanol–water partition coefficient (Wildman–Crippen LogP) is 2.00. The molecule has 5 heteroatoms. The van der Waals surface area contributed by atoms with E-state index < -0.39 is 5.97 Å². The first-order chi connectivity index (χ1) is 9.63. The van der Waals surface area contributed by atoms with Gasteiger partial charge >= 0.3 is 5.97 Å². The minimum Gasteiger partial charge on any atom is -0.476 e. The van der Waals surface area contributed by atoms with E-state index in [1.165, 1.54) is 5.56 Å². The molecule has 1 aromatic carbocycles. The van der Waals surface area contributed by atoms with Crippen molar-refractivity contribution in [1.29, 1.82) is 0 Å². The van der Waals surface area contributed by atoms with E-state index in [-0.39, 0.29) is 5.69 Å². The third-order valence-electron chi connectivity index (χ3n) is 3.41. The van der Waals surface area contributed by atoms with E-state index in [4.69, 9.17) is 0 Å². The highest BCUT2D eigenvalue weighted by Crippen LogP contribution is 2.25. The largest absolute Gasteiger partial charge is 0.476 e. The fourth-order valence-corrected chi connectivity index (χ4v) is 2.57. The molecule has 102 valence electrons. The Morgan fingerprint density at radius 1 is 1.25 bits per heavy atom. The average Bonchev–Trinajstić information content (AvgIpc) is 2.80. The van der Waals surface area contributed by atoms with E-state index in [2.05, 4.69) is 27.0 Å². The number of carbonyl (C=O) groups is 1. The molecule has 3 rings (SSSR count). The molecule has 2 aromatic rings. The number of benzene rings is 1. The second kappa shape index (κ2) is 5.02. The van der Waals surface area contributed by atoms with Crippen LogP contribution in [0.2, 0.25) is 0 Å². The number of aromatic nitrogens is 2. The van der Waals surface area contributed by atoms with Crippen molar-refractivity contribution in [2.24, 2.45) is 0 Å². The van der Waals surface area contributed by atoms with Crippen molar-refractivity contribution in [1.82, 2.24) is 14.9 Å². The molecule has 0 aliphatic carbocycles. The number of carboxylic acids is 1. The minimum atomic E-state index is -0.978. The van der Waals surface area contributed by atoms with Crippen molar-refractivity contribution in [3.63, 3.8) is 0 Å². The maximum atomic E-state index is 11.3. The maximum Gasteiger partial charge on any atom is 0.354 e. The van der Waals surface area contributed by atoms with Gasteiger partial charge in [0.1, 0.15) is 5.82 Å². The topological polar surface area (TPSA) is 66.3 Å². The van der Waals surface area contributed by atoms with Crippen molar-refractivity contribution in [2.75, 3.05) is 0 Å². The normalized spacial score (nSPS) is 14.2. The van der Waals surface area contributed by atoms with Crippen LogP contribution in [0.15, 0.2) is 30.3 Å². The highest BCUT2D eigenvalue weighted by Gasteiger charge is 2.27. The Morgan fingerprint density at radius 3 is 2.70 bits per heavy atom. The summed E-state index contributed by atoms with van der Waals surface area (Å²) in [6, 6.07) is 10.1. The van der Waals surface area contributed by atoms with Gasteiger partial charge < -0.3 is 5.11 Å². The Balaban J connectivity index is 1.85. The third-order valence-corrected chi connectivity index (χ3v) is 3.41. The molecule has 0 bridgehead atoms. The molecular weight excluding hydrogens is 254 g/mol. The zero-order valence-corrected chi connectivity index (χ0v) is 11.2. The first kappa shape index (κ1) is 12.7. The molecule has 1 N–H and O–H groups in total. The predicted molar refractivity (Wildman–Crippen MR) is 73.1 cm³/mol. The Kier molecular flexibility index (Phi) is 3.20. The molecule has 0 saturated carbocycles. The number of fused-ring (bicyclic) bond motifs is 1. The van der Waals surface area contributed by atoms with Crippen LogP contribution < -0.4 is 0 Å². The fraction of sp³-hybridized carbons (Fsp3) is 0.267. The highest BCUT2D eigenvalue weighted by molar-refractivity contribution is 5.87. The molecule has 2 heterocycles. The Morgan fingerprint density at radius 2 is 2.00 bits per heavy atom. The van der Waals surface area contributed by atoms with Gasteiger partial charge in [0.2, 0.25) is 0 Å². The van der Waals surface area contributed by atoms with E-state index in [1.54, 1.807) is 6.92 Å². The summed E-state index contributed by atoms with van der Waals surface area (Å²) >= 11 is 0. The number of carboxylic acid groups (broad SMARTS) is 1. The molecule has 0 fully saturated rings. The quantitative estimate of drug-likeness (QED) is 0.923. The third kappa shape index (κ3) is 2.40. The van der Waals surface area contributed by atoms with Gasteiger partial charge in [0, 0.05) is 25.2 Å². The molecule has 1 aromatic heterocycles. The van der Waals surface area contributed by atoms with Gasteiger partial charge in [0.05, 0.1) is 5.69 Å². The molecule has 0 atom stereocenters. The van der Waals surface area contributed by atoms with E-state index in [9.17, 15) is 9.90 Å². The summed E-state index contributed by atoms with van der Waals surface area (Å²) in [6.45, 7) is 3.78. The number of hydrogen-bond acceptors (Lipinski definition) is 4. The zero-order chi connectivity index (χ0) is 14.1. The van der Waals surface area contributed by atoms with Gasteiger partial charge in [-0.3, -0.25) is 4.90 Å². The summed E-state index contributed by atoms with van der Waals surface area (Å²) in [5, 5.41) is 9.24. The summed E-state index contributed by atoms with van der Waals surface area (Å²) in [7, 11) is 0. The summed E-state index contributed by atoms with van der Waals surface area (Å²) in [5.41, 5.74) is 2.94. The molecule has 1 aliphatic rings. The van der Waals surface area contributed by atoms with E-state index in [1.807, 2.05) is 18.2 Å². The van der Waals surface area contributed by atoms with Gasteiger partial charge in [-0.2, -0.15) is 0 Å². The lowest BCUT2D eigenvalue weighted by molar-refractivity contribution is 0.0688. The van der Waals surface area contributed by atoms with Crippen molar-refractivity contribution < 1.29 is 9.90 Å². The second-order valence-corrected chi connectivity index (χ2v) is 4.98. The van der Waals surface area contributed by atoms with Crippen LogP contribution in [0.4, 0.5) is 0 Å². The molecule has 20 heavy (non-hydrogen) atoms. The molecule has 0 saturated heterocycles. The number of aromatic carboxylic acids is 1. The Hall–Kier alpha value is -2.27. The van der Waals surface area contributed by atoms with Crippen LogP contribution in [-0.2, 0) is 19.6 Å². The Bertz CT molecular complexity index is 656. The van der Waals surface area contributed by atoms with Crippen LogP contribution in [0.3, 0.4) is 0 Å². The van der Waals surface area contributed by atoms with E-state index >= 15 is 0 Å². The van der Waals surface area contributed by atoms with Gasteiger partial charge in [-0.1, -0.05) is 30.3 Å². The smallest absolute Gasteiger partial charge is 0.354 e. The first-order valence-electron chi connectivity index (χ1n) is 6.49. The lowest BCUT2D eigenvalue weighted by atomic mass is 10.2. The minimum absolute atomic E-state index is 0.142. The average molecular weight is 269 g/mol. The van der Waals surface area contributed by atoms with Crippen molar-refractivity contribution in [2.45, 2.75) is 26.6 Å². The van der Waals surface area contributed by atoms with E-state index in [0.29, 0.717) is 18.9 Å². The number of aryl methyl sites for hydroxylation is 1. The lowest BCUT2D eigenvalue weighted by Crippen LogP contribution is -2.16. The SMILES string of the molecule is Cc1nc2c(c(C(=O)O)n1)CN(Cc1ccccc1)C2. The highest BCUT2D eigenvalue weighted by atomic mass is 16.4. The maximum absolute atomic E-state index is 11.3. The Labute approximate surface area is 116 Å². The van der Waals surface area contributed by atoms with Crippen LogP contribution >= 0.6 is 0 Å². The summed E-state index contributed by atoms with van der Waals surface area (Å²) in [5.74, 6) is -0.462. The van der Waals surface area contributed by atoms with Crippen LogP contribution in [0, 0.1) is 6.92 Å². The van der Waals surface area contributed by atoms with Crippen LogP contribution in [-0.4, -0.2) is 25.9 Å². The monoisotopic (exact) mass is 269 g/mol. The summed E-state index contributed by atoms with van der Waals surface area (Å²) in [4.78, 5) is 21.9. The molecule has 0 spiro atoms. The first-order valence-corrected chi connectivity index (χ1v) is 6.49. The molecular formula is C15H15N3O2.